The summed E-state index contributed by atoms with van der Waals surface area (Å²) in [5, 5.41) is 0. The molecule has 0 aromatic carbocycles. The van der Waals surface area contributed by atoms with E-state index < -0.39 is 23.7 Å². The first-order chi connectivity index (χ1) is 5.00. The second-order valence-corrected chi connectivity index (χ2v) is 2.73. The Balaban J connectivity index is 4.38. The van der Waals surface area contributed by atoms with Gasteiger partial charge in [-0.3, -0.25) is 0 Å². The van der Waals surface area contributed by atoms with Gasteiger partial charge in [-0.25, -0.2) is 8.78 Å². The van der Waals surface area contributed by atoms with Gasteiger partial charge in [-0.05, 0) is 6.92 Å². The van der Waals surface area contributed by atoms with Crippen molar-refractivity contribution in [3.8, 4) is 0 Å². The van der Waals surface area contributed by atoms with Crippen molar-refractivity contribution in [1.29, 1.82) is 0 Å². The van der Waals surface area contributed by atoms with E-state index in [9.17, 15) is 8.78 Å². The van der Waals surface area contributed by atoms with Crippen LogP contribution in [0.1, 0.15) is 20.8 Å². The van der Waals surface area contributed by atoms with Crippen LogP contribution in [0, 0.1) is 5.92 Å². The second-order valence-electron chi connectivity index (χ2n) is 2.73. The Hall–Kier alpha value is -0.440. The SMILES string of the molecule is COC(C)/C(F)=C(/F)C(C)C. The summed E-state index contributed by atoms with van der Waals surface area (Å²) in [5.74, 6) is -1.94. The molecule has 1 nitrogen and oxygen atoms in total. The van der Waals surface area contributed by atoms with Crippen molar-refractivity contribution in [2.75, 3.05) is 7.11 Å². The molecule has 0 radical (unpaired) electrons. The van der Waals surface area contributed by atoms with Crippen LogP contribution in [0.2, 0.25) is 0 Å². The molecule has 3 heteroatoms. The molecule has 66 valence electrons. The van der Waals surface area contributed by atoms with E-state index in [1.165, 1.54) is 14.0 Å². The lowest BCUT2D eigenvalue weighted by atomic mass is 10.1. The highest BCUT2D eigenvalue weighted by Crippen LogP contribution is 2.20. The van der Waals surface area contributed by atoms with E-state index >= 15 is 0 Å². The van der Waals surface area contributed by atoms with Gasteiger partial charge in [-0.15, -0.1) is 0 Å². The molecule has 0 saturated carbocycles. The van der Waals surface area contributed by atoms with Gasteiger partial charge in [0.2, 0.25) is 0 Å². The predicted molar refractivity (Wildman–Crippen MR) is 40.6 cm³/mol. The zero-order valence-electron chi connectivity index (χ0n) is 7.32. The molecule has 0 bridgehead atoms. The van der Waals surface area contributed by atoms with E-state index in [-0.39, 0.29) is 0 Å². The molecule has 1 atom stereocenters. The van der Waals surface area contributed by atoms with E-state index in [1.54, 1.807) is 13.8 Å². The van der Waals surface area contributed by atoms with Gasteiger partial charge in [0, 0.05) is 13.0 Å². The maximum atomic E-state index is 12.8. The Labute approximate surface area is 66.0 Å². The molecule has 0 aromatic rings. The van der Waals surface area contributed by atoms with Crippen LogP contribution in [0.3, 0.4) is 0 Å². The lowest BCUT2D eigenvalue weighted by Crippen LogP contribution is -2.08. The molecule has 0 aromatic heterocycles. The highest BCUT2D eigenvalue weighted by atomic mass is 19.2. The van der Waals surface area contributed by atoms with Crippen molar-refractivity contribution in [1.82, 2.24) is 0 Å². The Morgan fingerprint density at radius 1 is 1.09 bits per heavy atom. The van der Waals surface area contributed by atoms with Crippen molar-refractivity contribution in [3.63, 3.8) is 0 Å². The highest BCUT2D eigenvalue weighted by Gasteiger charge is 2.15. The van der Waals surface area contributed by atoms with Gasteiger partial charge in [-0.1, -0.05) is 13.8 Å². The fraction of sp³-hybridized carbons (Fsp3) is 0.750. The monoisotopic (exact) mass is 164 g/mol. The summed E-state index contributed by atoms with van der Waals surface area (Å²) in [4.78, 5) is 0. The van der Waals surface area contributed by atoms with Crippen LogP contribution in [0.25, 0.3) is 0 Å². The van der Waals surface area contributed by atoms with Crippen LogP contribution in [-0.2, 0) is 4.74 Å². The van der Waals surface area contributed by atoms with E-state index in [4.69, 9.17) is 0 Å². The average molecular weight is 164 g/mol. The molecule has 0 aliphatic heterocycles. The zero-order chi connectivity index (χ0) is 9.02. The van der Waals surface area contributed by atoms with Crippen molar-refractivity contribution in [2.45, 2.75) is 26.9 Å². The lowest BCUT2D eigenvalue weighted by molar-refractivity contribution is 0.121. The summed E-state index contributed by atoms with van der Waals surface area (Å²) in [5.41, 5.74) is 0. The second kappa shape index (κ2) is 4.44. The Kier molecular flexibility index (Phi) is 4.26. The predicted octanol–water partition coefficient (Wildman–Crippen LogP) is 2.83. The molecule has 0 saturated heterocycles. The van der Waals surface area contributed by atoms with Crippen LogP contribution in [0.4, 0.5) is 8.78 Å². The number of hydrogen-bond donors (Lipinski definition) is 0. The molecule has 0 fully saturated rings. The van der Waals surface area contributed by atoms with Gasteiger partial charge in [0.25, 0.3) is 0 Å². The first-order valence-electron chi connectivity index (χ1n) is 3.58. The van der Waals surface area contributed by atoms with Crippen molar-refractivity contribution >= 4 is 0 Å². The Bertz CT molecular complexity index is 152. The third-order valence-corrected chi connectivity index (χ3v) is 1.45. The van der Waals surface area contributed by atoms with Crippen molar-refractivity contribution in [3.05, 3.63) is 11.7 Å². The molecular weight excluding hydrogens is 150 g/mol. The van der Waals surface area contributed by atoms with Crippen molar-refractivity contribution in [2.24, 2.45) is 5.92 Å². The number of ether oxygens (including phenoxy) is 1. The minimum Gasteiger partial charge on any atom is -0.375 e. The third kappa shape index (κ3) is 2.97. The van der Waals surface area contributed by atoms with E-state index in [1.807, 2.05) is 0 Å². The highest BCUT2D eigenvalue weighted by molar-refractivity contribution is 5.06. The summed E-state index contributed by atoms with van der Waals surface area (Å²) < 4.78 is 30.2. The van der Waals surface area contributed by atoms with E-state index in [2.05, 4.69) is 4.74 Å². The Morgan fingerprint density at radius 2 is 1.55 bits per heavy atom. The van der Waals surface area contributed by atoms with Gasteiger partial charge < -0.3 is 4.74 Å². The van der Waals surface area contributed by atoms with E-state index in [0.29, 0.717) is 0 Å². The number of hydrogen-bond acceptors (Lipinski definition) is 1. The van der Waals surface area contributed by atoms with Gasteiger partial charge >= 0.3 is 0 Å². The van der Waals surface area contributed by atoms with Gasteiger partial charge in [-0.2, -0.15) is 0 Å². The fourth-order valence-corrected chi connectivity index (χ4v) is 0.573. The maximum Gasteiger partial charge on any atom is 0.160 e. The van der Waals surface area contributed by atoms with Crippen LogP contribution >= 0.6 is 0 Å². The van der Waals surface area contributed by atoms with E-state index in [0.717, 1.165) is 0 Å². The molecule has 0 spiro atoms. The summed E-state index contributed by atoms with van der Waals surface area (Å²) in [6, 6.07) is 0. The van der Waals surface area contributed by atoms with Crippen LogP contribution < -0.4 is 0 Å². The van der Waals surface area contributed by atoms with Gasteiger partial charge in [0.1, 0.15) is 11.9 Å². The first-order valence-corrected chi connectivity index (χ1v) is 3.58. The third-order valence-electron chi connectivity index (χ3n) is 1.45. The van der Waals surface area contributed by atoms with Crippen LogP contribution in [-0.4, -0.2) is 13.2 Å². The van der Waals surface area contributed by atoms with Gasteiger partial charge in [0.05, 0.1) is 0 Å². The number of methoxy groups -OCH3 is 1. The average Bonchev–Trinajstić information content (AvgIpc) is 2.00. The molecule has 0 heterocycles. The minimum atomic E-state index is -0.803. The molecule has 0 amide bonds. The largest absolute Gasteiger partial charge is 0.375 e. The fourth-order valence-electron chi connectivity index (χ4n) is 0.573. The summed E-state index contributed by atoms with van der Waals surface area (Å²) in [6.07, 6.45) is -0.780. The van der Waals surface area contributed by atoms with Crippen LogP contribution in [0.15, 0.2) is 11.7 Å². The minimum absolute atomic E-state index is 0.410. The summed E-state index contributed by atoms with van der Waals surface area (Å²) in [7, 11) is 1.35. The topological polar surface area (TPSA) is 9.23 Å². The molecule has 11 heavy (non-hydrogen) atoms. The molecule has 0 aliphatic carbocycles. The quantitative estimate of drug-likeness (QED) is 0.623. The van der Waals surface area contributed by atoms with Crippen LogP contribution in [0.5, 0.6) is 0 Å². The standard InChI is InChI=1S/C8H14F2O/c1-5(2)7(9)8(10)6(3)11-4/h5-6H,1-4H3/b8-7-. The van der Waals surface area contributed by atoms with Crippen molar-refractivity contribution < 1.29 is 13.5 Å². The lowest BCUT2D eigenvalue weighted by Gasteiger charge is -2.09. The summed E-state index contributed by atoms with van der Waals surface area (Å²) in [6.45, 7) is 4.66. The molecule has 0 aliphatic rings. The number of rotatable bonds is 3. The summed E-state index contributed by atoms with van der Waals surface area (Å²) >= 11 is 0. The number of allylic oxidation sites excluding steroid dienone is 1. The zero-order valence-corrected chi connectivity index (χ0v) is 7.32. The Morgan fingerprint density at radius 3 is 1.82 bits per heavy atom. The van der Waals surface area contributed by atoms with Gasteiger partial charge in [0.15, 0.2) is 5.83 Å². The smallest absolute Gasteiger partial charge is 0.160 e. The normalized spacial score (nSPS) is 16.6. The maximum absolute atomic E-state index is 12.8. The molecule has 0 N–H and O–H groups in total. The molecule has 1 unspecified atom stereocenters. The number of halogens is 2. The first kappa shape index (κ1) is 10.6. The molecule has 0 rings (SSSR count). The molecular formula is C8H14F2O.